The second kappa shape index (κ2) is 8.68. The SMILES string of the molecule is COCCOCCCNc1cc(C(=O)O)cc(Cl)n1. The molecule has 1 heterocycles. The van der Waals surface area contributed by atoms with E-state index in [-0.39, 0.29) is 10.7 Å². The molecule has 0 aliphatic carbocycles. The molecule has 2 N–H and O–H groups in total. The number of carbonyl (C=O) groups is 1. The molecular weight excluding hydrogens is 272 g/mol. The Morgan fingerprint density at radius 2 is 2.21 bits per heavy atom. The summed E-state index contributed by atoms with van der Waals surface area (Å²) in [7, 11) is 1.62. The van der Waals surface area contributed by atoms with Gasteiger partial charge in [0.05, 0.1) is 18.8 Å². The summed E-state index contributed by atoms with van der Waals surface area (Å²) in [5.41, 5.74) is 0.110. The van der Waals surface area contributed by atoms with E-state index in [1.165, 1.54) is 12.1 Å². The molecular formula is C12H17ClN2O4. The molecule has 0 aromatic carbocycles. The van der Waals surface area contributed by atoms with Crippen molar-refractivity contribution < 1.29 is 19.4 Å². The zero-order valence-corrected chi connectivity index (χ0v) is 11.4. The molecule has 1 aromatic heterocycles. The van der Waals surface area contributed by atoms with E-state index in [4.69, 9.17) is 26.2 Å². The average molecular weight is 289 g/mol. The number of anilines is 1. The number of hydrogen-bond donors (Lipinski definition) is 2. The maximum atomic E-state index is 10.8. The van der Waals surface area contributed by atoms with Crippen LogP contribution < -0.4 is 5.32 Å². The minimum atomic E-state index is -1.03. The number of rotatable bonds is 9. The Hall–Kier alpha value is -1.37. The van der Waals surface area contributed by atoms with E-state index in [9.17, 15) is 4.79 Å². The fraction of sp³-hybridized carbons (Fsp3) is 0.500. The van der Waals surface area contributed by atoms with Gasteiger partial charge in [0.25, 0.3) is 0 Å². The van der Waals surface area contributed by atoms with Crippen LogP contribution in [0, 0.1) is 0 Å². The Balaban J connectivity index is 2.31. The molecule has 6 nitrogen and oxygen atoms in total. The topological polar surface area (TPSA) is 80.7 Å². The van der Waals surface area contributed by atoms with Crippen LogP contribution in [0.4, 0.5) is 5.82 Å². The maximum Gasteiger partial charge on any atom is 0.335 e. The van der Waals surface area contributed by atoms with Gasteiger partial charge in [0.15, 0.2) is 0 Å². The predicted molar refractivity (Wildman–Crippen MR) is 72.0 cm³/mol. The Bertz CT molecular complexity index is 415. The molecule has 106 valence electrons. The van der Waals surface area contributed by atoms with Crippen molar-refractivity contribution in [2.24, 2.45) is 0 Å². The molecule has 0 spiro atoms. The van der Waals surface area contributed by atoms with Gasteiger partial charge in [0.2, 0.25) is 0 Å². The highest BCUT2D eigenvalue weighted by atomic mass is 35.5. The molecule has 0 saturated carbocycles. The molecule has 1 aromatic rings. The quantitative estimate of drug-likeness (QED) is 0.533. The van der Waals surface area contributed by atoms with Crippen LogP contribution in [0.1, 0.15) is 16.8 Å². The van der Waals surface area contributed by atoms with E-state index >= 15 is 0 Å². The highest BCUT2D eigenvalue weighted by molar-refractivity contribution is 6.29. The lowest BCUT2D eigenvalue weighted by Crippen LogP contribution is -2.10. The van der Waals surface area contributed by atoms with Crippen LogP contribution in [0.3, 0.4) is 0 Å². The number of aromatic nitrogens is 1. The standard InChI is InChI=1S/C12H17ClN2O4/c1-18-5-6-19-4-2-3-14-11-8-9(12(16)17)7-10(13)15-11/h7-8H,2-6H2,1H3,(H,14,15)(H,16,17). The van der Waals surface area contributed by atoms with E-state index in [0.29, 0.717) is 32.2 Å². The number of pyridine rings is 1. The first-order valence-corrected chi connectivity index (χ1v) is 6.22. The molecule has 1 rings (SSSR count). The molecule has 0 fully saturated rings. The van der Waals surface area contributed by atoms with Crippen LogP contribution in [0.15, 0.2) is 12.1 Å². The zero-order chi connectivity index (χ0) is 14.1. The molecule has 0 atom stereocenters. The molecule has 0 aliphatic rings. The lowest BCUT2D eigenvalue weighted by Gasteiger charge is -2.07. The van der Waals surface area contributed by atoms with Gasteiger partial charge in [0, 0.05) is 20.3 Å². The van der Waals surface area contributed by atoms with Crippen molar-refractivity contribution in [3.63, 3.8) is 0 Å². The smallest absolute Gasteiger partial charge is 0.335 e. The number of nitrogens with zero attached hydrogens (tertiary/aromatic N) is 1. The Kier molecular flexibility index (Phi) is 7.17. The minimum absolute atomic E-state index is 0.110. The van der Waals surface area contributed by atoms with Crippen molar-refractivity contribution in [2.75, 3.05) is 38.8 Å². The Labute approximate surface area is 116 Å². The van der Waals surface area contributed by atoms with Crippen LogP contribution in [-0.4, -0.2) is 49.5 Å². The number of halogens is 1. The summed E-state index contributed by atoms with van der Waals surface area (Å²) in [5, 5.41) is 12.0. The number of hydrogen-bond acceptors (Lipinski definition) is 5. The third kappa shape index (κ3) is 6.37. The first-order valence-electron chi connectivity index (χ1n) is 5.85. The lowest BCUT2D eigenvalue weighted by atomic mass is 10.2. The predicted octanol–water partition coefficient (Wildman–Crippen LogP) is 1.90. The van der Waals surface area contributed by atoms with Gasteiger partial charge in [-0.1, -0.05) is 11.6 Å². The lowest BCUT2D eigenvalue weighted by molar-refractivity contribution is 0.0696. The summed E-state index contributed by atoms with van der Waals surface area (Å²) in [6.07, 6.45) is 0.778. The van der Waals surface area contributed by atoms with Crippen molar-refractivity contribution in [3.8, 4) is 0 Å². The second-order valence-corrected chi connectivity index (χ2v) is 4.14. The van der Waals surface area contributed by atoms with Gasteiger partial charge >= 0.3 is 5.97 Å². The van der Waals surface area contributed by atoms with E-state index in [2.05, 4.69) is 10.3 Å². The van der Waals surface area contributed by atoms with Gasteiger partial charge in [-0.2, -0.15) is 0 Å². The summed E-state index contributed by atoms with van der Waals surface area (Å²) in [4.78, 5) is 14.8. The van der Waals surface area contributed by atoms with Crippen LogP contribution >= 0.6 is 11.6 Å². The molecule has 0 unspecified atom stereocenters. The number of ether oxygens (including phenoxy) is 2. The first kappa shape index (κ1) is 15.7. The molecule has 0 amide bonds. The van der Waals surface area contributed by atoms with Gasteiger partial charge in [-0.25, -0.2) is 9.78 Å². The van der Waals surface area contributed by atoms with Crippen LogP contribution in [0.2, 0.25) is 5.15 Å². The molecule has 0 saturated heterocycles. The zero-order valence-electron chi connectivity index (χ0n) is 10.7. The van der Waals surface area contributed by atoms with Crippen molar-refractivity contribution in [2.45, 2.75) is 6.42 Å². The normalized spacial score (nSPS) is 10.4. The molecule has 0 aliphatic heterocycles. The monoisotopic (exact) mass is 288 g/mol. The number of aromatic carboxylic acids is 1. The summed E-state index contributed by atoms with van der Waals surface area (Å²) in [5.74, 6) is -0.586. The first-order chi connectivity index (χ1) is 9.13. The molecule has 19 heavy (non-hydrogen) atoms. The third-order valence-corrected chi connectivity index (χ3v) is 2.44. The third-order valence-electron chi connectivity index (χ3n) is 2.24. The minimum Gasteiger partial charge on any atom is -0.478 e. The Morgan fingerprint density at radius 3 is 2.89 bits per heavy atom. The van der Waals surface area contributed by atoms with Gasteiger partial charge in [-0.15, -0.1) is 0 Å². The average Bonchev–Trinajstić information content (AvgIpc) is 2.37. The molecule has 0 bridgehead atoms. The van der Waals surface area contributed by atoms with Gasteiger partial charge in [-0.3, -0.25) is 0 Å². The van der Waals surface area contributed by atoms with E-state index in [0.717, 1.165) is 6.42 Å². The van der Waals surface area contributed by atoms with Gasteiger partial charge in [0.1, 0.15) is 11.0 Å². The summed E-state index contributed by atoms with van der Waals surface area (Å²) in [6.45, 7) is 2.36. The summed E-state index contributed by atoms with van der Waals surface area (Å²) in [6, 6.07) is 2.75. The van der Waals surface area contributed by atoms with E-state index in [1.807, 2.05) is 0 Å². The summed E-state index contributed by atoms with van der Waals surface area (Å²) < 4.78 is 10.1. The largest absolute Gasteiger partial charge is 0.478 e. The number of nitrogens with one attached hydrogen (secondary N) is 1. The highest BCUT2D eigenvalue weighted by Gasteiger charge is 2.06. The number of carboxylic acid groups (broad SMARTS) is 1. The van der Waals surface area contributed by atoms with Gasteiger partial charge < -0.3 is 19.9 Å². The van der Waals surface area contributed by atoms with Crippen molar-refractivity contribution in [1.29, 1.82) is 0 Å². The Morgan fingerprint density at radius 1 is 1.42 bits per heavy atom. The fourth-order valence-corrected chi connectivity index (χ4v) is 1.55. The highest BCUT2D eigenvalue weighted by Crippen LogP contribution is 2.14. The van der Waals surface area contributed by atoms with Crippen LogP contribution in [0.5, 0.6) is 0 Å². The van der Waals surface area contributed by atoms with E-state index < -0.39 is 5.97 Å². The van der Waals surface area contributed by atoms with Crippen LogP contribution in [0.25, 0.3) is 0 Å². The number of carboxylic acids is 1. The van der Waals surface area contributed by atoms with Crippen molar-refractivity contribution in [1.82, 2.24) is 4.98 Å². The van der Waals surface area contributed by atoms with Crippen molar-refractivity contribution >= 4 is 23.4 Å². The van der Waals surface area contributed by atoms with Crippen LogP contribution in [-0.2, 0) is 9.47 Å². The fourth-order valence-electron chi connectivity index (χ4n) is 1.35. The maximum absolute atomic E-state index is 10.8. The number of methoxy groups -OCH3 is 1. The van der Waals surface area contributed by atoms with Crippen molar-refractivity contribution in [3.05, 3.63) is 22.8 Å². The second-order valence-electron chi connectivity index (χ2n) is 3.75. The molecule has 7 heteroatoms. The molecule has 0 radical (unpaired) electrons. The van der Waals surface area contributed by atoms with E-state index in [1.54, 1.807) is 7.11 Å². The summed E-state index contributed by atoms with van der Waals surface area (Å²) >= 11 is 5.74. The van der Waals surface area contributed by atoms with Gasteiger partial charge in [-0.05, 0) is 18.6 Å².